The molecule has 0 bridgehead atoms. The summed E-state index contributed by atoms with van der Waals surface area (Å²) < 4.78 is 11.0. The molecule has 2 aromatic carbocycles. The first-order valence-corrected chi connectivity index (χ1v) is 9.76. The van der Waals surface area contributed by atoms with Crippen LogP contribution in [0.3, 0.4) is 0 Å². The van der Waals surface area contributed by atoms with Gasteiger partial charge >= 0.3 is 12.1 Å². The summed E-state index contributed by atoms with van der Waals surface area (Å²) in [5.74, 6) is -0.299. The standard InChI is InChI=1S/C23H27NO4/c1-17(2)14-21(22(25)27-16-18-8-4-3-5-9-18)28-23(26)24-13-12-19-10-6-7-11-20(19)15-24/h3-11,17,21H,12-16H2,1-2H3. The molecule has 0 N–H and O–H groups in total. The minimum atomic E-state index is -0.895. The molecule has 1 amide bonds. The Morgan fingerprint density at radius 2 is 1.68 bits per heavy atom. The number of benzene rings is 2. The van der Waals surface area contributed by atoms with E-state index in [1.165, 1.54) is 5.56 Å². The van der Waals surface area contributed by atoms with Gasteiger partial charge in [0.15, 0.2) is 0 Å². The number of carbonyl (C=O) groups excluding carboxylic acids is 2. The largest absolute Gasteiger partial charge is 0.458 e. The van der Waals surface area contributed by atoms with Gasteiger partial charge < -0.3 is 14.4 Å². The van der Waals surface area contributed by atoms with Crippen LogP contribution < -0.4 is 0 Å². The van der Waals surface area contributed by atoms with Crippen LogP contribution in [0.2, 0.25) is 0 Å². The lowest BCUT2D eigenvalue weighted by atomic mass is 10.0. The van der Waals surface area contributed by atoms with Crippen molar-refractivity contribution >= 4 is 12.1 Å². The van der Waals surface area contributed by atoms with Gasteiger partial charge in [-0.2, -0.15) is 0 Å². The van der Waals surface area contributed by atoms with Crippen LogP contribution in [0.25, 0.3) is 0 Å². The van der Waals surface area contributed by atoms with Gasteiger partial charge in [0, 0.05) is 13.1 Å². The van der Waals surface area contributed by atoms with Crippen molar-refractivity contribution in [3.05, 3.63) is 71.3 Å². The number of rotatable bonds is 6. The highest BCUT2D eigenvalue weighted by atomic mass is 16.6. The minimum Gasteiger partial charge on any atom is -0.458 e. The summed E-state index contributed by atoms with van der Waals surface area (Å²) in [7, 11) is 0. The Kier molecular flexibility index (Phi) is 6.69. The third-order valence-corrected chi connectivity index (χ3v) is 4.80. The normalized spacial score (nSPS) is 14.3. The summed E-state index contributed by atoms with van der Waals surface area (Å²) in [5.41, 5.74) is 3.28. The average molecular weight is 381 g/mol. The molecule has 5 nitrogen and oxygen atoms in total. The van der Waals surface area contributed by atoms with Crippen molar-refractivity contribution < 1.29 is 19.1 Å². The Labute approximate surface area is 166 Å². The molecule has 1 unspecified atom stereocenters. The van der Waals surface area contributed by atoms with Gasteiger partial charge in [0.2, 0.25) is 6.10 Å². The molecule has 1 aliphatic rings. The molecule has 28 heavy (non-hydrogen) atoms. The highest BCUT2D eigenvalue weighted by Crippen LogP contribution is 2.20. The van der Waals surface area contributed by atoms with Gasteiger partial charge in [-0.3, -0.25) is 0 Å². The Morgan fingerprint density at radius 3 is 2.39 bits per heavy atom. The van der Waals surface area contributed by atoms with Gasteiger partial charge in [-0.05, 0) is 35.4 Å². The van der Waals surface area contributed by atoms with Crippen LogP contribution in [-0.2, 0) is 33.8 Å². The Morgan fingerprint density at radius 1 is 1.00 bits per heavy atom. The molecule has 1 atom stereocenters. The summed E-state index contributed by atoms with van der Waals surface area (Å²) in [6.07, 6.45) is -0.132. The van der Waals surface area contributed by atoms with Gasteiger partial charge in [0.1, 0.15) is 6.61 Å². The van der Waals surface area contributed by atoms with Gasteiger partial charge in [0.25, 0.3) is 0 Å². The van der Waals surface area contributed by atoms with E-state index < -0.39 is 18.2 Å². The van der Waals surface area contributed by atoms with E-state index in [9.17, 15) is 9.59 Å². The highest BCUT2D eigenvalue weighted by molar-refractivity contribution is 5.79. The fourth-order valence-electron chi connectivity index (χ4n) is 3.29. The van der Waals surface area contributed by atoms with Crippen molar-refractivity contribution in [2.45, 2.75) is 45.9 Å². The zero-order valence-corrected chi connectivity index (χ0v) is 16.5. The monoisotopic (exact) mass is 381 g/mol. The third-order valence-electron chi connectivity index (χ3n) is 4.80. The summed E-state index contributed by atoms with van der Waals surface area (Å²) in [4.78, 5) is 26.9. The van der Waals surface area contributed by atoms with E-state index in [0.717, 1.165) is 17.5 Å². The number of amides is 1. The van der Waals surface area contributed by atoms with Crippen molar-refractivity contribution in [3.8, 4) is 0 Å². The fourth-order valence-corrected chi connectivity index (χ4v) is 3.29. The lowest BCUT2D eigenvalue weighted by Crippen LogP contribution is -2.40. The van der Waals surface area contributed by atoms with Gasteiger partial charge in [-0.1, -0.05) is 68.4 Å². The van der Waals surface area contributed by atoms with Crippen molar-refractivity contribution in [2.24, 2.45) is 5.92 Å². The molecular formula is C23H27NO4. The van der Waals surface area contributed by atoms with Crippen molar-refractivity contribution in [3.63, 3.8) is 0 Å². The second-order valence-electron chi connectivity index (χ2n) is 7.54. The number of ether oxygens (including phenoxy) is 2. The maximum atomic E-state index is 12.7. The lowest BCUT2D eigenvalue weighted by Gasteiger charge is -2.29. The number of hydrogen-bond acceptors (Lipinski definition) is 4. The van der Waals surface area contributed by atoms with Crippen LogP contribution >= 0.6 is 0 Å². The molecule has 1 heterocycles. The van der Waals surface area contributed by atoms with Crippen molar-refractivity contribution in [2.75, 3.05) is 6.54 Å². The molecule has 0 spiro atoms. The maximum Gasteiger partial charge on any atom is 0.410 e. The molecule has 0 saturated heterocycles. The number of carbonyl (C=O) groups is 2. The van der Waals surface area contributed by atoms with Crippen LogP contribution in [0, 0.1) is 5.92 Å². The second kappa shape index (κ2) is 9.40. The van der Waals surface area contributed by atoms with Gasteiger partial charge in [-0.25, -0.2) is 9.59 Å². The first kappa shape index (κ1) is 19.9. The van der Waals surface area contributed by atoms with Crippen LogP contribution in [0.1, 0.15) is 37.0 Å². The average Bonchev–Trinajstić information content (AvgIpc) is 2.71. The highest BCUT2D eigenvalue weighted by Gasteiger charge is 2.29. The van der Waals surface area contributed by atoms with E-state index in [4.69, 9.17) is 9.47 Å². The molecule has 0 aromatic heterocycles. The number of hydrogen-bond donors (Lipinski definition) is 0. The molecule has 0 saturated carbocycles. The molecule has 148 valence electrons. The zero-order chi connectivity index (χ0) is 19.9. The topological polar surface area (TPSA) is 55.8 Å². The van der Waals surface area contributed by atoms with Crippen LogP contribution in [0.4, 0.5) is 4.79 Å². The quantitative estimate of drug-likeness (QED) is 0.699. The van der Waals surface area contributed by atoms with Crippen LogP contribution in [0.5, 0.6) is 0 Å². The number of nitrogens with zero attached hydrogens (tertiary/aromatic N) is 1. The maximum absolute atomic E-state index is 12.7. The molecule has 0 fully saturated rings. The van der Waals surface area contributed by atoms with Crippen LogP contribution in [-0.4, -0.2) is 29.6 Å². The molecule has 3 rings (SSSR count). The fraction of sp³-hybridized carbons (Fsp3) is 0.391. The first-order valence-electron chi connectivity index (χ1n) is 9.76. The third kappa shape index (κ3) is 5.35. The van der Waals surface area contributed by atoms with E-state index in [1.807, 2.05) is 62.4 Å². The van der Waals surface area contributed by atoms with E-state index in [-0.39, 0.29) is 12.5 Å². The summed E-state index contributed by atoms with van der Waals surface area (Å²) in [5, 5.41) is 0. The lowest BCUT2D eigenvalue weighted by molar-refractivity contribution is -0.156. The minimum absolute atomic E-state index is 0.170. The SMILES string of the molecule is CC(C)CC(OC(=O)N1CCc2ccccc2C1)C(=O)OCc1ccccc1. The van der Waals surface area contributed by atoms with Crippen LogP contribution in [0.15, 0.2) is 54.6 Å². The molecule has 2 aromatic rings. The predicted octanol–water partition coefficient (Wildman–Crippen LogP) is 4.34. The molecule has 1 aliphatic heterocycles. The van der Waals surface area contributed by atoms with Gasteiger partial charge in [0.05, 0.1) is 0 Å². The summed E-state index contributed by atoms with van der Waals surface area (Å²) in [6.45, 7) is 5.24. The van der Waals surface area contributed by atoms with Crippen molar-refractivity contribution in [1.29, 1.82) is 0 Å². The molecule has 0 aliphatic carbocycles. The van der Waals surface area contributed by atoms with E-state index in [2.05, 4.69) is 6.07 Å². The smallest absolute Gasteiger partial charge is 0.410 e. The van der Waals surface area contributed by atoms with Gasteiger partial charge in [-0.15, -0.1) is 0 Å². The summed E-state index contributed by atoms with van der Waals surface area (Å²) in [6, 6.07) is 17.6. The number of esters is 1. The second-order valence-corrected chi connectivity index (χ2v) is 7.54. The first-order chi connectivity index (χ1) is 13.5. The molecule has 0 radical (unpaired) electrons. The Bertz CT molecular complexity index is 803. The van der Waals surface area contributed by atoms with Crippen molar-refractivity contribution in [1.82, 2.24) is 4.90 Å². The molecule has 5 heteroatoms. The van der Waals surface area contributed by atoms with E-state index in [0.29, 0.717) is 19.5 Å². The van der Waals surface area contributed by atoms with E-state index >= 15 is 0 Å². The Balaban J connectivity index is 1.60. The Hall–Kier alpha value is -2.82. The summed E-state index contributed by atoms with van der Waals surface area (Å²) >= 11 is 0. The number of fused-ring (bicyclic) bond motifs is 1. The molecular weight excluding hydrogens is 354 g/mol. The predicted molar refractivity (Wildman–Crippen MR) is 107 cm³/mol. The van der Waals surface area contributed by atoms with E-state index in [1.54, 1.807) is 4.90 Å². The zero-order valence-electron chi connectivity index (χ0n) is 16.5.